The van der Waals surface area contributed by atoms with E-state index in [1.165, 1.54) is 12.1 Å². The first-order valence-corrected chi connectivity index (χ1v) is 6.70. The van der Waals surface area contributed by atoms with Crippen LogP contribution in [0.2, 0.25) is 0 Å². The number of carbonyl (C=O) groups excluding carboxylic acids is 1. The Kier molecular flexibility index (Phi) is 4.04. The van der Waals surface area contributed by atoms with Crippen LogP contribution >= 0.6 is 0 Å². The zero-order chi connectivity index (χ0) is 14.8. The molecule has 1 aromatic rings. The van der Waals surface area contributed by atoms with E-state index < -0.39 is 4.92 Å². The van der Waals surface area contributed by atoms with Gasteiger partial charge in [0.2, 0.25) is 0 Å². The minimum atomic E-state index is -0.484. The number of non-ortho nitro benzene ring substituents is 1. The van der Waals surface area contributed by atoms with Crippen molar-refractivity contribution in [3.05, 3.63) is 39.4 Å². The first kappa shape index (κ1) is 14.5. The summed E-state index contributed by atoms with van der Waals surface area (Å²) in [6.45, 7) is 5.53. The third kappa shape index (κ3) is 3.14. The Morgan fingerprint density at radius 2 is 2.05 bits per heavy atom. The fourth-order valence-corrected chi connectivity index (χ4v) is 2.41. The average Bonchev–Trinajstić information content (AvgIpc) is 2.39. The Hall–Kier alpha value is -1.95. The van der Waals surface area contributed by atoms with E-state index in [-0.39, 0.29) is 17.1 Å². The summed E-state index contributed by atoms with van der Waals surface area (Å²) >= 11 is 0. The van der Waals surface area contributed by atoms with E-state index in [1.54, 1.807) is 13.0 Å². The molecule has 1 fully saturated rings. The summed E-state index contributed by atoms with van der Waals surface area (Å²) in [5.41, 5.74) is 0.806. The summed E-state index contributed by atoms with van der Waals surface area (Å²) in [4.78, 5) is 22.7. The number of hydrogen-bond acceptors (Lipinski definition) is 4. The van der Waals surface area contributed by atoms with Gasteiger partial charge in [0.1, 0.15) is 0 Å². The van der Waals surface area contributed by atoms with E-state index in [9.17, 15) is 14.9 Å². The SMILES string of the molecule is Cc1ccc([N+](=O)[O-])cc1C(=O)NC1(C)CCNCC1. The topological polar surface area (TPSA) is 84.3 Å². The summed E-state index contributed by atoms with van der Waals surface area (Å²) in [7, 11) is 0. The highest BCUT2D eigenvalue weighted by molar-refractivity contribution is 5.96. The zero-order valence-corrected chi connectivity index (χ0v) is 11.7. The van der Waals surface area contributed by atoms with Gasteiger partial charge in [-0.15, -0.1) is 0 Å². The van der Waals surface area contributed by atoms with Crippen molar-refractivity contribution in [2.45, 2.75) is 32.2 Å². The predicted molar refractivity (Wildman–Crippen MR) is 75.8 cm³/mol. The number of piperidine rings is 1. The van der Waals surface area contributed by atoms with Gasteiger partial charge in [0.25, 0.3) is 11.6 Å². The summed E-state index contributed by atoms with van der Waals surface area (Å²) < 4.78 is 0. The lowest BCUT2D eigenvalue weighted by atomic mass is 9.90. The molecule has 0 aliphatic carbocycles. The predicted octanol–water partition coefficient (Wildman–Crippen LogP) is 1.78. The number of benzene rings is 1. The largest absolute Gasteiger partial charge is 0.347 e. The second-order valence-electron chi connectivity index (χ2n) is 5.52. The van der Waals surface area contributed by atoms with Gasteiger partial charge in [-0.2, -0.15) is 0 Å². The zero-order valence-electron chi connectivity index (χ0n) is 11.7. The number of nitro benzene ring substituents is 1. The van der Waals surface area contributed by atoms with Crippen molar-refractivity contribution in [3.8, 4) is 0 Å². The van der Waals surface area contributed by atoms with Gasteiger partial charge in [-0.05, 0) is 45.3 Å². The highest BCUT2D eigenvalue weighted by atomic mass is 16.6. The molecule has 0 saturated carbocycles. The molecule has 1 amide bonds. The Morgan fingerprint density at radius 3 is 2.65 bits per heavy atom. The van der Waals surface area contributed by atoms with Gasteiger partial charge in [-0.25, -0.2) is 0 Å². The fourth-order valence-electron chi connectivity index (χ4n) is 2.41. The van der Waals surface area contributed by atoms with Crippen LogP contribution in [0.25, 0.3) is 0 Å². The van der Waals surface area contributed by atoms with Gasteiger partial charge in [-0.3, -0.25) is 14.9 Å². The van der Waals surface area contributed by atoms with E-state index in [4.69, 9.17) is 0 Å². The number of nitrogens with zero attached hydrogens (tertiary/aromatic N) is 1. The molecule has 6 nitrogen and oxygen atoms in total. The highest BCUT2D eigenvalue weighted by Gasteiger charge is 2.29. The van der Waals surface area contributed by atoms with E-state index >= 15 is 0 Å². The van der Waals surface area contributed by atoms with Gasteiger partial charge >= 0.3 is 0 Å². The van der Waals surface area contributed by atoms with Crippen molar-refractivity contribution in [1.82, 2.24) is 10.6 Å². The molecule has 6 heteroatoms. The van der Waals surface area contributed by atoms with Crippen LogP contribution in [0, 0.1) is 17.0 Å². The van der Waals surface area contributed by atoms with Crippen molar-refractivity contribution in [2.24, 2.45) is 0 Å². The van der Waals surface area contributed by atoms with Crippen molar-refractivity contribution in [1.29, 1.82) is 0 Å². The molecule has 0 radical (unpaired) electrons. The molecule has 1 saturated heterocycles. The number of nitrogens with one attached hydrogen (secondary N) is 2. The molecule has 1 aliphatic heterocycles. The van der Waals surface area contributed by atoms with Gasteiger partial charge in [0.15, 0.2) is 0 Å². The summed E-state index contributed by atoms with van der Waals surface area (Å²) in [6.07, 6.45) is 1.71. The van der Waals surface area contributed by atoms with Crippen LogP contribution in [-0.2, 0) is 0 Å². The molecule has 0 atom stereocenters. The van der Waals surface area contributed by atoms with E-state index in [0.29, 0.717) is 5.56 Å². The smallest absolute Gasteiger partial charge is 0.270 e. The quantitative estimate of drug-likeness (QED) is 0.651. The average molecular weight is 277 g/mol. The van der Waals surface area contributed by atoms with Crippen LogP contribution < -0.4 is 10.6 Å². The van der Waals surface area contributed by atoms with Crippen molar-refractivity contribution >= 4 is 11.6 Å². The lowest BCUT2D eigenvalue weighted by Crippen LogP contribution is -2.52. The maximum atomic E-state index is 12.4. The molecule has 0 bridgehead atoms. The van der Waals surface area contributed by atoms with Crippen molar-refractivity contribution < 1.29 is 9.72 Å². The van der Waals surface area contributed by atoms with Crippen LogP contribution in [0.1, 0.15) is 35.7 Å². The Balaban J connectivity index is 2.20. The van der Waals surface area contributed by atoms with E-state index in [2.05, 4.69) is 10.6 Å². The standard InChI is InChI=1S/C14H19N3O3/c1-10-3-4-11(17(19)20)9-12(10)13(18)16-14(2)5-7-15-8-6-14/h3-4,9,15H,5-8H2,1-2H3,(H,16,18). The number of aryl methyl sites for hydroxylation is 1. The second kappa shape index (κ2) is 5.58. The molecule has 1 aliphatic rings. The molecule has 108 valence electrons. The molecule has 2 N–H and O–H groups in total. The minimum Gasteiger partial charge on any atom is -0.347 e. The Morgan fingerprint density at radius 1 is 1.40 bits per heavy atom. The van der Waals surface area contributed by atoms with E-state index in [0.717, 1.165) is 31.5 Å². The monoisotopic (exact) mass is 277 g/mol. The van der Waals surface area contributed by atoms with Crippen LogP contribution in [0.5, 0.6) is 0 Å². The molecule has 2 rings (SSSR count). The highest BCUT2D eigenvalue weighted by Crippen LogP contribution is 2.21. The first-order valence-electron chi connectivity index (χ1n) is 6.70. The number of hydrogen-bond donors (Lipinski definition) is 2. The Bertz CT molecular complexity index is 536. The first-order chi connectivity index (χ1) is 9.41. The number of amides is 1. The molecule has 1 heterocycles. The lowest BCUT2D eigenvalue weighted by molar-refractivity contribution is -0.384. The fraction of sp³-hybridized carbons (Fsp3) is 0.500. The number of carbonyl (C=O) groups is 1. The molecule has 0 spiro atoms. The Labute approximate surface area is 117 Å². The van der Waals surface area contributed by atoms with Crippen LogP contribution in [0.3, 0.4) is 0 Å². The molecule has 0 unspecified atom stereocenters. The second-order valence-corrected chi connectivity index (χ2v) is 5.52. The van der Waals surface area contributed by atoms with E-state index in [1.807, 2.05) is 6.92 Å². The molecular weight excluding hydrogens is 258 g/mol. The third-order valence-corrected chi connectivity index (χ3v) is 3.80. The number of nitro groups is 1. The van der Waals surface area contributed by atoms with Crippen LogP contribution in [0.4, 0.5) is 5.69 Å². The maximum Gasteiger partial charge on any atom is 0.270 e. The van der Waals surface area contributed by atoms with Crippen molar-refractivity contribution in [2.75, 3.05) is 13.1 Å². The van der Waals surface area contributed by atoms with Crippen molar-refractivity contribution in [3.63, 3.8) is 0 Å². The molecule has 0 aromatic heterocycles. The van der Waals surface area contributed by atoms with Crippen LogP contribution in [-0.4, -0.2) is 29.5 Å². The summed E-state index contributed by atoms with van der Waals surface area (Å²) in [5, 5.41) is 17.1. The lowest BCUT2D eigenvalue weighted by Gasteiger charge is -2.35. The van der Waals surface area contributed by atoms with Gasteiger partial charge in [-0.1, -0.05) is 6.07 Å². The molecule has 1 aromatic carbocycles. The minimum absolute atomic E-state index is 0.0591. The van der Waals surface area contributed by atoms with Gasteiger partial charge < -0.3 is 10.6 Å². The summed E-state index contributed by atoms with van der Waals surface area (Å²) in [5.74, 6) is -0.240. The normalized spacial score (nSPS) is 17.5. The maximum absolute atomic E-state index is 12.4. The summed E-state index contributed by atoms with van der Waals surface area (Å²) in [6, 6.07) is 4.37. The van der Waals surface area contributed by atoms with Crippen LogP contribution in [0.15, 0.2) is 18.2 Å². The molecule has 20 heavy (non-hydrogen) atoms. The third-order valence-electron chi connectivity index (χ3n) is 3.80. The van der Waals surface area contributed by atoms with Gasteiger partial charge in [0.05, 0.1) is 4.92 Å². The van der Waals surface area contributed by atoms with Gasteiger partial charge in [0, 0.05) is 23.2 Å². The number of rotatable bonds is 3. The molecular formula is C14H19N3O3.